The second kappa shape index (κ2) is 4.40. The number of hydrogen-bond donors (Lipinski definition) is 2. The number of nitrogens with zero attached hydrogens (tertiary/aromatic N) is 1. The third-order valence-electron chi connectivity index (χ3n) is 2.55. The number of primary sulfonamides is 1. The van der Waals surface area contributed by atoms with Gasteiger partial charge in [-0.2, -0.15) is 0 Å². The first-order valence-electron chi connectivity index (χ1n) is 5.24. The molecular formula is C12H13N3O2S. The summed E-state index contributed by atoms with van der Waals surface area (Å²) in [5.74, 6) is -0.0866. The quantitative estimate of drug-likeness (QED) is 0.852. The molecule has 0 fully saturated rings. The first kappa shape index (κ1) is 12.5. The van der Waals surface area contributed by atoms with Gasteiger partial charge in [-0.1, -0.05) is 29.8 Å². The largest absolute Gasteiger partial charge is 0.383 e. The van der Waals surface area contributed by atoms with Crippen LogP contribution in [0, 0.1) is 6.92 Å². The molecule has 0 bridgehead atoms. The monoisotopic (exact) mass is 263 g/mol. The molecule has 2 aromatic rings. The van der Waals surface area contributed by atoms with Crippen molar-refractivity contribution in [2.24, 2.45) is 5.14 Å². The van der Waals surface area contributed by atoms with Crippen LogP contribution in [0.1, 0.15) is 5.56 Å². The molecule has 18 heavy (non-hydrogen) atoms. The van der Waals surface area contributed by atoms with Crippen LogP contribution in [0.2, 0.25) is 0 Å². The number of nitrogen functional groups attached to an aromatic ring is 1. The van der Waals surface area contributed by atoms with Crippen molar-refractivity contribution in [1.82, 2.24) is 4.98 Å². The van der Waals surface area contributed by atoms with Gasteiger partial charge in [-0.15, -0.1) is 0 Å². The Kier molecular flexibility index (Phi) is 3.06. The van der Waals surface area contributed by atoms with Gasteiger partial charge in [-0.05, 0) is 18.6 Å². The van der Waals surface area contributed by atoms with Crippen LogP contribution < -0.4 is 10.9 Å². The molecule has 0 aliphatic rings. The Morgan fingerprint density at radius 3 is 2.56 bits per heavy atom. The Morgan fingerprint density at radius 1 is 1.22 bits per heavy atom. The molecule has 2 rings (SSSR count). The smallest absolute Gasteiger partial charge is 0.242 e. The minimum atomic E-state index is -3.91. The topological polar surface area (TPSA) is 99.1 Å². The fourth-order valence-corrected chi connectivity index (χ4v) is 2.64. The van der Waals surface area contributed by atoms with Gasteiger partial charge in [0.15, 0.2) is 0 Å². The molecule has 94 valence electrons. The average Bonchev–Trinajstić information content (AvgIpc) is 2.27. The second-order valence-electron chi connectivity index (χ2n) is 3.99. The average molecular weight is 263 g/mol. The summed E-state index contributed by atoms with van der Waals surface area (Å²) in [5.41, 5.74) is 7.84. The van der Waals surface area contributed by atoms with E-state index in [1.165, 1.54) is 6.20 Å². The molecule has 1 aromatic heterocycles. The molecule has 6 heteroatoms. The van der Waals surface area contributed by atoms with E-state index >= 15 is 0 Å². The molecule has 5 nitrogen and oxygen atoms in total. The van der Waals surface area contributed by atoms with Gasteiger partial charge in [0.1, 0.15) is 10.7 Å². The lowest BCUT2D eigenvalue weighted by atomic mass is 10.0. The van der Waals surface area contributed by atoms with Crippen molar-refractivity contribution >= 4 is 15.8 Å². The number of rotatable bonds is 2. The number of nitrogens with two attached hydrogens (primary N) is 2. The lowest BCUT2D eigenvalue weighted by Crippen LogP contribution is -2.16. The second-order valence-corrected chi connectivity index (χ2v) is 5.49. The van der Waals surface area contributed by atoms with E-state index in [9.17, 15) is 8.42 Å². The first-order chi connectivity index (χ1) is 8.39. The van der Waals surface area contributed by atoms with Crippen LogP contribution in [0.25, 0.3) is 11.1 Å². The molecule has 0 saturated carbocycles. The molecule has 0 saturated heterocycles. The summed E-state index contributed by atoms with van der Waals surface area (Å²) in [4.78, 5) is 3.64. The number of sulfonamides is 1. The minimum absolute atomic E-state index is 0.0866. The molecule has 0 spiro atoms. The van der Waals surface area contributed by atoms with Crippen molar-refractivity contribution in [2.45, 2.75) is 11.8 Å². The molecule has 0 amide bonds. The first-order valence-corrected chi connectivity index (χ1v) is 6.78. The van der Waals surface area contributed by atoms with E-state index in [1.54, 1.807) is 12.1 Å². The maximum atomic E-state index is 11.6. The van der Waals surface area contributed by atoms with Crippen molar-refractivity contribution in [3.63, 3.8) is 0 Å². The van der Waals surface area contributed by atoms with Crippen LogP contribution >= 0.6 is 0 Å². The third-order valence-corrected chi connectivity index (χ3v) is 3.54. The van der Waals surface area contributed by atoms with E-state index < -0.39 is 10.0 Å². The van der Waals surface area contributed by atoms with Crippen molar-refractivity contribution in [3.05, 3.63) is 42.1 Å². The van der Waals surface area contributed by atoms with Crippen molar-refractivity contribution < 1.29 is 8.42 Å². The summed E-state index contributed by atoms with van der Waals surface area (Å²) in [5, 5.41) is 5.19. The highest BCUT2D eigenvalue weighted by Gasteiger charge is 2.19. The van der Waals surface area contributed by atoms with Gasteiger partial charge >= 0.3 is 0 Å². The van der Waals surface area contributed by atoms with Crippen LogP contribution in [0.3, 0.4) is 0 Å². The summed E-state index contributed by atoms with van der Waals surface area (Å²) in [7, 11) is -3.91. The fraction of sp³-hybridized carbons (Fsp3) is 0.0833. The van der Waals surface area contributed by atoms with E-state index in [0.29, 0.717) is 5.56 Å². The maximum absolute atomic E-state index is 11.6. The molecule has 0 radical (unpaired) electrons. The highest BCUT2D eigenvalue weighted by Crippen LogP contribution is 2.29. The van der Waals surface area contributed by atoms with Crippen molar-refractivity contribution in [2.75, 3.05) is 5.73 Å². The van der Waals surface area contributed by atoms with E-state index in [2.05, 4.69) is 4.98 Å². The van der Waals surface area contributed by atoms with Gasteiger partial charge < -0.3 is 5.73 Å². The Balaban J connectivity index is 2.77. The number of pyridine rings is 1. The van der Waals surface area contributed by atoms with E-state index in [-0.39, 0.29) is 10.7 Å². The van der Waals surface area contributed by atoms with Crippen LogP contribution in [-0.2, 0) is 10.0 Å². The van der Waals surface area contributed by atoms with Gasteiger partial charge in [0, 0.05) is 11.8 Å². The maximum Gasteiger partial charge on any atom is 0.242 e. The van der Waals surface area contributed by atoms with Crippen LogP contribution in [0.5, 0.6) is 0 Å². The lowest BCUT2D eigenvalue weighted by Gasteiger charge is -2.10. The van der Waals surface area contributed by atoms with Crippen LogP contribution in [-0.4, -0.2) is 13.4 Å². The van der Waals surface area contributed by atoms with Crippen LogP contribution in [0.4, 0.5) is 5.82 Å². The number of hydrogen-bond acceptors (Lipinski definition) is 4. The standard InChI is InChI=1S/C12H13N3O2S/c1-8-3-2-4-9(7-8)10-5-6-15-12(13)11(10)18(14,16)17/h2-7H,1H3,(H2,13,15)(H2,14,16,17). The molecule has 0 unspecified atom stereocenters. The van der Waals surface area contributed by atoms with Gasteiger partial charge in [-0.25, -0.2) is 18.5 Å². The zero-order valence-electron chi connectivity index (χ0n) is 9.79. The molecular weight excluding hydrogens is 250 g/mol. The van der Waals surface area contributed by atoms with E-state index in [0.717, 1.165) is 11.1 Å². The number of anilines is 1. The van der Waals surface area contributed by atoms with Gasteiger partial charge in [0.2, 0.25) is 10.0 Å². The Bertz CT molecular complexity index is 696. The SMILES string of the molecule is Cc1cccc(-c2ccnc(N)c2S(N)(=O)=O)c1. The molecule has 0 aliphatic carbocycles. The van der Waals surface area contributed by atoms with Gasteiger partial charge in [0.25, 0.3) is 0 Å². The predicted molar refractivity (Wildman–Crippen MR) is 70.2 cm³/mol. The summed E-state index contributed by atoms with van der Waals surface area (Å²) in [6, 6.07) is 9.02. The fourth-order valence-electron chi connectivity index (χ4n) is 1.80. The lowest BCUT2D eigenvalue weighted by molar-refractivity contribution is 0.598. The Morgan fingerprint density at radius 2 is 1.94 bits per heavy atom. The third kappa shape index (κ3) is 2.34. The number of benzene rings is 1. The summed E-state index contributed by atoms with van der Waals surface area (Å²) < 4.78 is 23.2. The Hall–Kier alpha value is -1.92. The van der Waals surface area contributed by atoms with Gasteiger partial charge in [-0.3, -0.25) is 0 Å². The zero-order chi connectivity index (χ0) is 13.3. The van der Waals surface area contributed by atoms with Gasteiger partial charge in [0.05, 0.1) is 0 Å². The van der Waals surface area contributed by atoms with Crippen LogP contribution in [0.15, 0.2) is 41.4 Å². The summed E-state index contributed by atoms with van der Waals surface area (Å²) >= 11 is 0. The zero-order valence-corrected chi connectivity index (χ0v) is 10.6. The van der Waals surface area contributed by atoms with Crippen molar-refractivity contribution in [1.29, 1.82) is 0 Å². The summed E-state index contributed by atoms with van der Waals surface area (Å²) in [6.07, 6.45) is 1.46. The number of aromatic nitrogens is 1. The van der Waals surface area contributed by atoms with E-state index in [1.807, 2.05) is 25.1 Å². The molecule has 0 atom stereocenters. The predicted octanol–water partition coefficient (Wildman–Crippen LogP) is 1.29. The molecule has 1 aromatic carbocycles. The highest BCUT2D eigenvalue weighted by atomic mass is 32.2. The molecule has 0 aliphatic heterocycles. The minimum Gasteiger partial charge on any atom is -0.383 e. The van der Waals surface area contributed by atoms with E-state index in [4.69, 9.17) is 10.9 Å². The molecule has 1 heterocycles. The summed E-state index contributed by atoms with van der Waals surface area (Å²) in [6.45, 7) is 1.92. The Labute approximate surface area is 106 Å². The number of aryl methyl sites for hydroxylation is 1. The molecule has 4 N–H and O–H groups in total. The van der Waals surface area contributed by atoms with Crippen molar-refractivity contribution in [3.8, 4) is 11.1 Å². The normalized spacial score (nSPS) is 11.4. The highest BCUT2D eigenvalue weighted by molar-refractivity contribution is 7.89.